The number of rotatable bonds is 20. The Morgan fingerprint density at radius 1 is 0.442 bits per heavy atom. The van der Waals surface area contributed by atoms with Crippen molar-refractivity contribution in [3.8, 4) is 68.4 Å². The highest BCUT2D eigenvalue weighted by Crippen LogP contribution is 2.41. The largest absolute Gasteiger partial charge is 0.495 e. The number of piperazine rings is 3. The molecule has 15 aromatic heterocycles. The first kappa shape index (κ1) is 70.9. The number of halogens is 2. The van der Waals surface area contributed by atoms with Crippen LogP contribution >= 0.6 is 0 Å². The summed E-state index contributed by atoms with van der Waals surface area (Å²) in [5, 5.41) is 37.4. The van der Waals surface area contributed by atoms with Crippen LogP contribution in [0.15, 0.2) is 159 Å². The van der Waals surface area contributed by atoms with Crippen LogP contribution in [-0.4, -0.2) is 252 Å². The Morgan fingerprint density at radius 2 is 0.912 bits per heavy atom. The van der Waals surface area contributed by atoms with Crippen molar-refractivity contribution in [3.05, 3.63) is 176 Å². The van der Waals surface area contributed by atoms with Gasteiger partial charge in [0.1, 0.15) is 61.3 Å². The number of nitrogens with zero attached hydrogens (tertiary/aromatic N) is 22. The third-order valence-corrected chi connectivity index (χ3v) is 21.3. The summed E-state index contributed by atoms with van der Waals surface area (Å²) in [7, 11) is 6.38. The van der Waals surface area contributed by atoms with Gasteiger partial charge in [0.05, 0.1) is 140 Å². The topological polar surface area (TPSA) is 337 Å². The molecule has 7 aliphatic rings. The summed E-state index contributed by atoms with van der Waals surface area (Å²) in [5.74, 6) is 5.88. The van der Waals surface area contributed by atoms with Crippen molar-refractivity contribution < 1.29 is 46.8 Å². The molecule has 0 aromatic carbocycles. The Bertz CT molecular complexity index is 5910. The second-order valence-corrected chi connectivity index (χ2v) is 27.8. The highest BCUT2D eigenvalue weighted by Gasteiger charge is 2.48. The predicted molar refractivity (Wildman–Crippen MR) is 413 cm³/mol. The molecule has 7 aliphatic heterocycles. The van der Waals surface area contributed by atoms with Crippen LogP contribution in [0.4, 0.5) is 26.2 Å². The first-order valence-electron chi connectivity index (χ1n) is 36.8. The highest BCUT2D eigenvalue weighted by atomic mass is 19.1. The molecule has 0 spiro atoms. The number of aromatic amines is 3. The second kappa shape index (κ2) is 30.3. The maximum atomic E-state index is 13.1. The second-order valence-electron chi connectivity index (χ2n) is 27.8. The molecule has 3 N–H and O–H groups in total. The Hall–Kier alpha value is -13.7. The van der Waals surface area contributed by atoms with Crippen molar-refractivity contribution >= 4 is 78.9 Å². The van der Waals surface area contributed by atoms with Gasteiger partial charge >= 0.3 is 0 Å². The van der Waals surface area contributed by atoms with Gasteiger partial charge in [-0.3, -0.25) is 34.8 Å². The minimum Gasteiger partial charge on any atom is -0.495 e. The van der Waals surface area contributed by atoms with Gasteiger partial charge in [0.25, 0.3) is 11.8 Å². The molecule has 15 aromatic rings. The number of fused-ring (bicyclic) bond motifs is 13. The van der Waals surface area contributed by atoms with E-state index in [1.54, 1.807) is 110 Å². The molecule has 0 saturated carbocycles. The lowest BCUT2D eigenvalue weighted by Crippen LogP contribution is -2.70. The molecule has 22 rings (SSSR count). The van der Waals surface area contributed by atoms with Crippen LogP contribution in [0.5, 0.6) is 34.9 Å². The minimum atomic E-state index is -0.580. The summed E-state index contributed by atoms with van der Waals surface area (Å²) in [6, 6.07) is 25.9. The van der Waals surface area contributed by atoms with E-state index in [-0.39, 0.29) is 37.1 Å². The number of alkyl halides is 2. The smallest absolute Gasteiger partial charge is 0.256 e. The Morgan fingerprint density at radius 3 is 1.38 bits per heavy atom. The van der Waals surface area contributed by atoms with E-state index >= 15 is 0 Å². The third-order valence-electron chi connectivity index (χ3n) is 21.3. The maximum Gasteiger partial charge on any atom is 0.256 e. The van der Waals surface area contributed by atoms with Gasteiger partial charge in [-0.1, -0.05) is 6.07 Å². The molecular formula is C78H75F2N25O8. The van der Waals surface area contributed by atoms with Crippen LogP contribution in [0.25, 0.3) is 83.2 Å². The minimum absolute atomic E-state index is 0.000364. The standard InChI is InChI=1S/C27H25FN8O3.C26H25FN8O3.C25H25N9O2/c1-38-24-5-3-17(11-30-24)27(37)36-18-8-19(36)14-34(13-18)23-4-2-16(10-29-23)21-9-20(39-7-6-28)15-35-25(21)22-12-31-32-26(22)33-35;1-37-23-5-3-18(14-29-23)26(36)34-9-7-33(8-10-34)22-4-2-17(13-28-22)20-12-19(38-11-6-27)16-35-24(20)21-15-30-31-25(21)32-35;1-35-18-6-19(24-20-8-29-30-25(20)31-34(24)14-18)21-9-27-22(10-26-21)32-12-16-5-17(13-32)33(16)11-15-3-4-23(36-2)28-7-15/h2-5,9-12,15,18-19H,6-8,13-14H2,1H3,(H,32,33);2-5,12-16H,6-11H2,1H3,(H,31,32);3-4,6-10,14,16-17H,5,11-13H2,1-2H3,(H,30,31). The van der Waals surface area contributed by atoms with Crippen LogP contribution in [0.3, 0.4) is 0 Å². The lowest BCUT2D eigenvalue weighted by Gasteiger charge is -2.56. The van der Waals surface area contributed by atoms with Crippen LogP contribution in [0.1, 0.15) is 39.1 Å². The van der Waals surface area contributed by atoms with E-state index in [2.05, 4.69) is 86.5 Å². The summed E-state index contributed by atoms with van der Waals surface area (Å²) < 4.78 is 62.7. The fourth-order valence-corrected chi connectivity index (χ4v) is 15.7. The third kappa shape index (κ3) is 13.7. The van der Waals surface area contributed by atoms with Crippen LogP contribution in [0, 0.1) is 0 Å². The van der Waals surface area contributed by atoms with Gasteiger partial charge in [-0.15, -0.1) is 15.3 Å². The van der Waals surface area contributed by atoms with E-state index < -0.39 is 13.3 Å². The quantitative estimate of drug-likeness (QED) is 0.0642. The Kier molecular flexibility index (Phi) is 19.0. The molecule has 0 aliphatic carbocycles. The zero-order valence-electron chi connectivity index (χ0n) is 61.8. The number of ether oxygens (including phenoxy) is 6. The molecule has 7 fully saturated rings. The molecule has 574 valence electrons. The number of hydrogen-bond donors (Lipinski definition) is 3. The normalized spacial score (nSPS) is 17.2. The van der Waals surface area contributed by atoms with E-state index in [1.165, 1.54) is 12.0 Å². The van der Waals surface area contributed by atoms with Crippen molar-refractivity contribution in [2.24, 2.45) is 0 Å². The molecule has 35 heteroatoms. The lowest BCUT2D eigenvalue weighted by molar-refractivity contribution is -0.00879. The molecule has 0 radical (unpaired) electrons. The summed E-state index contributed by atoms with van der Waals surface area (Å²) >= 11 is 0. The van der Waals surface area contributed by atoms with Gasteiger partial charge in [0, 0.05) is 148 Å². The van der Waals surface area contributed by atoms with Crippen molar-refractivity contribution in [1.82, 2.24) is 109 Å². The van der Waals surface area contributed by atoms with Crippen LogP contribution in [0.2, 0.25) is 0 Å². The molecule has 4 unspecified atom stereocenters. The lowest BCUT2D eigenvalue weighted by atomic mass is 9.86. The highest BCUT2D eigenvalue weighted by molar-refractivity contribution is 6.03. The van der Waals surface area contributed by atoms with Gasteiger partial charge in [-0.05, 0) is 73.0 Å². The summed E-state index contributed by atoms with van der Waals surface area (Å²) in [6.07, 6.45) is 25.1. The first-order chi connectivity index (χ1) is 55.5. The summed E-state index contributed by atoms with van der Waals surface area (Å²) in [4.78, 5) is 70.8. The number of amides is 2. The van der Waals surface area contributed by atoms with Gasteiger partial charge in [-0.2, -0.15) is 15.3 Å². The monoisotopic (exact) mass is 1530 g/mol. The molecule has 2 amide bonds. The van der Waals surface area contributed by atoms with Gasteiger partial charge in [0.15, 0.2) is 16.9 Å². The average molecular weight is 1530 g/mol. The van der Waals surface area contributed by atoms with Crippen molar-refractivity contribution in [2.45, 2.75) is 43.6 Å². The SMILES string of the molecule is COc1cc(-c2cnc(N3CC4CC(C3)N4Cc3ccc(OC)nc3)cn2)c2c3cn[nH]c3nn2c1.COc1ccc(C(=O)N2C3CC2CN(c2ccc(-c4cc(OCCF)cn5nc6[nH]ncc6c45)cn2)C3)cn1.COc1ccc(C(=O)N2CCN(c3ccc(-c4cc(OCCF)cn5nc6[nH]ncc6c45)cn3)CC2)cn1. The molecular weight excluding hydrogens is 1450 g/mol. The van der Waals surface area contributed by atoms with E-state index in [9.17, 15) is 18.4 Å². The zero-order valence-corrected chi connectivity index (χ0v) is 61.8. The van der Waals surface area contributed by atoms with Crippen LogP contribution < -0.4 is 43.1 Å². The number of carbonyl (C=O) groups is 2. The number of methoxy groups -OCH3 is 4. The van der Waals surface area contributed by atoms with Crippen molar-refractivity contribution in [3.63, 3.8) is 0 Å². The molecule has 33 nitrogen and oxygen atoms in total. The molecule has 22 heterocycles. The average Bonchev–Trinajstić information content (AvgIpc) is 1.75. The molecule has 4 atom stereocenters. The first-order valence-corrected chi connectivity index (χ1v) is 36.8. The number of aromatic nitrogens is 19. The number of pyridine rings is 8. The van der Waals surface area contributed by atoms with E-state index in [0.717, 1.165) is 115 Å². The Labute approximate surface area is 642 Å². The fraction of sp³-hybridized carbons (Fsp3) is 0.295. The summed E-state index contributed by atoms with van der Waals surface area (Å²) in [5.41, 5.74) is 12.1. The van der Waals surface area contributed by atoms with Crippen LogP contribution in [-0.2, 0) is 6.54 Å². The molecule has 113 heavy (non-hydrogen) atoms. The molecule has 4 bridgehead atoms. The van der Waals surface area contributed by atoms with Gasteiger partial charge in [-0.25, -0.2) is 52.2 Å². The van der Waals surface area contributed by atoms with E-state index in [0.29, 0.717) is 109 Å². The Balaban J connectivity index is 0.000000118. The number of nitrogens with one attached hydrogen (secondary N) is 3. The number of H-pyrrole nitrogens is 3. The van der Waals surface area contributed by atoms with Gasteiger partial charge < -0.3 is 52.9 Å². The number of hydrogen-bond acceptors (Lipinski definition) is 25. The van der Waals surface area contributed by atoms with Gasteiger partial charge in [0.2, 0.25) is 17.6 Å². The zero-order chi connectivity index (χ0) is 76.8. The summed E-state index contributed by atoms with van der Waals surface area (Å²) in [6.45, 7) is 5.48. The maximum absolute atomic E-state index is 13.1. The van der Waals surface area contributed by atoms with E-state index in [4.69, 9.17) is 48.4 Å². The van der Waals surface area contributed by atoms with E-state index in [1.807, 2.05) is 95.5 Å². The number of anilines is 3. The van der Waals surface area contributed by atoms with Crippen molar-refractivity contribution in [1.29, 1.82) is 0 Å². The van der Waals surface area contributed by atoms with Crippen molar-refractivity contribution in [2.75, 3.05) is 122 Å². The molecule has 7 saturated heterocycles. The predicted octanol–water partition coefficient (Wildman–Crippen LogP) is 8.66. The number of piperidine rings is 2. The fourth-order valence-electron chi connectivity index (χ4n) is 15.7. The number of carbonyl (C=O) groups excluding carboxylic acids is 2.